The topological polar surface area (TPSA) is 51.0 Å². The second-order valence-electron chi connectivity index (χ2n) is 5.96. The van der Waals surface area contributed by atoms with Gasteiger partial charge in [0.1, 0.15) is 12.7 Å². The molecule has 19 heavy (non-hydrogen) atoms. The Morgan fingerprint density at radius 2 is 2.16 bits per heavy atom. The lowest BCUT2D eigenvalue weighted by atomic mass is 10.1. The fourth-order valence-corrected chi connectivity index (χ4v) is 2.22. The van der Waals surface area contributed by atoms with Crippen molar-refractivity contribution in [3.8, 4) is 0 Å². The molecule has 1 amide bonds. The number of carbonyl (C=O) groups excluding carboxylic acids is 1. The summed E-state index contributed by atoms with van der Waals surface area (Å²) in [5.74, 6) is 0.868. The molecule has 106 valence electrons. The Labute approximate surface area is 115 Å². The summed E-state index contributed by atoms with van der Waals surface area (Å²) in [7, 11) is 0. The minimum Gasteiger partial charge on any atom is -0.339 e. The molecule has 5 nitrogen and oxygen atoms in total. The van der Waals surface area contributed by atoms with Gasteiger partial charge in [0.05, 0.1) is 12.5 Å². The molecule has 0 saturated heterocycles. The van der Waals surface area contributed by atoms with Crippen LogP contribution in [0.25, 0.3) is 0 Å². The molecule has 1 unspecified atom stereocenters. The van der Waals surface area contributed by atoms with Crippen LogP contribution in [0.15, 0.2) is 12.7 Å². The summed E-state index contributed by atoms with van der Waals surface area (Å²) in [6.07, 6.45) is 6.59. The van der Waals surface area contributed by atoms with Crippen LogP contribution < -0.4 is 0 Å². The number of nitrogens with zero attached hydrogens (tertiary/aromatic N) is 4. The van der Waals surface area contributed by atoms with Gasteiger partial charge in [0, 0.05) is 12.6 Å². The average Bonchev–Trinajstić information content (AvgIpc) is 3.06. The van der Waals surface area contributed by atoms with Crippen molar-refractivity contribution in [1.29, 1.82) is 0 Å². The molecular weight excluding hydrogens is 240 g/mol. The third kappa shape index (κ3) is 4.04. The second kappa shape index (κ2) is 6.17. The fourth-order valence-electron chi connectivity index (χ4n) is 2.22. The maximum absolute atomic E-state index is 12.5. The Balaban J connectivity index is 1.90. The smallest absolute Gasteiger partial charge is 0.227 e. The van der Waals surface area contributed by atoms with Crippen molar-refractivity contribution in [3.63, 3.8) is 0 Å². The van der Waals surface area contributed by atoms with Gasteiger partial charge < -0.3 is 4.90 Å². The van der Waals surface area contributed by atoms with Crippen LogP contribution in [0.5, 0.6) is 0 Å². The molecule has 1 fully saturated rings. The molecule has 2 rings (SSSR count). The lowest BCUT2D eigenvalue weighted by molar-refractivity contribution is -0.136. The molecule has 1 atom stereocenters. The molecule has 1 aliphatic carbocycles. The quantitative estimate of drug-likeness (QED) is 0.756. The molecule has 0 N–H and O–H groups in total. The highest BCUT2D eigenvalue weighted by Crippen LogP contribution is 2.29. The van der Waals surface area contributed by atoms with E-state index in [1.165, 1.54) is 19.2 Å². The van der Waals surface area contributed by atoms with Gasteiger partial charge >= 0.3 is 0 Å². The molecule has 5 heteroatoms. The molecule has 1 aromatic rings. The van der Waals surface area contributed by atoms with Crippen LogP contribution in [0, 0.1) is 11.8 Å². The molecular formula is C14H24N4O. The second-order valence-corrected chi connectivity index (χ2v) is 5.96. The first-order chi connectivity index (χ1) is 9.08. The summed E-state index contributed by atoms with van der Waals surface area (Å²) in [5.41, 5.74) is 0. The van der Waals surface area contributed by atoms with E-state index in [1.54, 1.807) is 11.0 Å². The van der Waals surface area contributed by atoms with Crippen molar-refractivity contribution >= 4 is 5.91 Å². The molecule has 0 aromatic carbocycles. The van der Waals surface area contributed by atoms with E-state index in [0.717, 1.165) is 13.0 Å². The van der Waals surface area contributed by atoms with Crippen LogP contribution in [0.2, 0.25) is 0 Å². The van der Waals surface area contributed by atoms with E-state index < -0.39 is 0 Å². The first kappa shape index (κ1) is 14.0. The molecule has 0 aliphatic heterocycles. The minimum absolute atomic E-state index is 0.0329. The Bertz CT molecular complexity index is 398. The summed E-state index contributed by atoms with van der Waals surface area (Å²) in [5, 5.41) is 4.07. The van der Waals surface area contributed by atoms with Crippen LogP contribution in [-0.4, -0.2) is 38.2 Å². The van der Waals surface area contributed by atoms with Gasteiger partial charge in [0.2, 0.25) is 5.91 Å². The monoisotopic (exact) mass is 264 g/mol. The van der Waals surface area contributed by atoms with Crippen LogP contribution in [-0.2, 0) is 11.3 Å². The van der Waals surface area contributed by atoms with E-state index >= 15 is 0 Å². The third-order valence-corrected chi connectivity index (χ3v) is 3.57. The number of hydrogen-bond donors (Lipinski definition) is 0. The van der Waals surface area contributed by atoms with Gasteiger partial charge in [-0.3, -0.25) is 9.48 Å². The molecule has 0 radical (unpaired) electrons. The predicted molar refractivity (Wildman–Crippen MR) is 73.4 cm³/mol. The van der Waals surface area contributed by atoms with Gasteiger partial charge in [-0.15, -0.1) is 0 Å². The SMILES string of the molecule is CC(C)CCN(C(=O)C(C)Cn1cncn1)C1CC1. The lowest BCUT2D eigenvalue weighted by Crippen LogP contribution is -2.39. The predicted octanol–water partition coefficient (Wildman–Crippen LogP) is 1.95. The van der Waals surface area contributed by atoms with Crippen molar-refractivity contribution in [2.75, 3.05) is 6.54 Å². The van der Waals surface area contributed by atoms with E-state index in [9.17, 15) is 4.79 Å². The Morgan fingerprint density at radius 3 is 2.68 bits per heavy atom. The van der Waals surface area contributed by atoms with E-state index in [-0.39, 0.29) is 11.8 Å². The zero-order valence-electron chi connectivity index (χ0n) is 12.1. The highest BCUT2D eigenvalue weighted by molar-refractivity contribution is 5.79. The van der Waals surface area contributed by atoms with Gasteiger partial charge in [-0.2, -0.15) is 5.10 Å². The molecule has 1 aliphatic rings. The maximum Gasteiger partial charge on any atom is 0.227 e. The zero-order valence-corrected chi connectivity index (χ0v) is 12.1. The fraction of sp³-hybridized carbons (Fsp3) is 0.786. The summed E-state index contributed by atoms with van der Waals surface area (Å²) < 4.78 is 1.73. The number of amides is 1. The number of hydrogen-bond acceptors (Lipinski definition) is 3. The standard InChI is InChI=1S/C14H24N4O/c1-11(2)6-7-18(13-4-5-13)14(19)12(3)8-17-10-15-9-16-17/h9-13H,4-8H2,1-3H3. The third-order valence-electron chi connectivity index (χ3n) is 3.57. The van der Waals surface area contributed by atoms with Crippen LogP contribution in [0.4, 0.5) is 0 Å². The summed E-state index contributed by atoms with van der Waals surface area (Å²) in [6, 6.07) is 0.490. The van der Waals surface area contributed by atoms with Crippen LogP contribution >= 0.6 is 0 Å². The van der Waals surface area contributed by atoms with Crippen LogP contribution in [0.1, 0.15) is 40.0 Å². The van der Waals surface area contributed by atoms with Crippen molar-refractivity contribution < 1.29 is 4.79 Å². The van der Waals surface area contributed by atoms with E-state index in [0.29, 0.717) is 18.5 Å². The van der Waals surface area contributed by atoms with Gasteiger partial charge in [-0.05, 0) is 25.2 Å². The molecule has 0 bridgehead atoms. The van der Waals surface area contributed by atoms with Crippen molar-refractivity contribution in [3.05, 3.63) is 12.7 Å². The molecule has 0 spiro atoms. The van der Waals surface area contributed by atoms with E-state index in [1.807, 2.05) is 6.92 Å². The number of rotatable bonds is 7. The highest BCUT2D eigenvalue weighted by Gasteiger charge is 2.34. The van der Waals surface area contributed by atoms with Gasteiger partial charge in [-0.1, -0.05) is 20.8 Å². The zero-order chi connectivity index (χ0) is 13.8. The van der Waals surface area contributed by atoms with Crippen molar-refractivity contribution in [1.82, 2.24) is 19.7 Å². The minimum atomic E-state index is -0.0329. The largest absolute Gasteiger partial charge is 0.339 e. The van der Waals surface area contributed by atoms with Gasteiger partial charge in [0.15, 0.2) is 0 Å². The molecule has 1 heterocycles. The first-order valence-corrected chi connectivity index (χ1v) is 7.20. The van der Waals surface area contributed by atoms with Gasteiger partial charge in [0.25, 0.3) is 0 Å². The van der Waals surface area contributed by atoms with Crippen molar-refractivity contribution in [2.45, 2.75) is 52.6 Å². The molecule has 1 aromatic heterocycles. The normalized spacial score (nSPS) is 16.6. The molecule has 1 saturated carbocycles. The maximum atomic E-state index is 12.5. The highest BCUT2D eigenvalue weighted by atomic mass is 16.2. The average molecular weight is 264 g/mol. The van der Waals surface area contributed by atoms with Crippen molar-refractivity contribution in [2.24, 2.45) is 11.8 Å². The number of aromatic nitrogens is 3. The van der Waals surface area contributed by atoms with E-state index in [2.05, 4.69) is 28.8 Å². The summed E-state index contributed by atoms with van der Waals surface area (Å²) in [6.45, 7) is 7.89. The lowest BCUT2D eigenvalue weighted by Gasteiger charge is -2.26. The van der Waals surface area contributed by atoms with Crippen LogP contribution in [0.3, 0.4) is 0 Å². The Hall–Kier alpha value is -1.39. The van der Waals surface area contributed by atoms with Gasteiger partial charge in [-0.25, -0.2) is 4.98 Å². The summed E-state index contributed by atoms with van der Waals surface area (Å²) >= 11 is 0. The summed E-state index contributed by atoms with van der Waals surface area (Å²) in [4.78, 5) is 18.5. The number of carbonyl (C=O) groups is 1. The Morgan fingerprint density at radius 1 is 1.42 bits per heavy atom. The van der Waals surface area contributed by atoms with E-state index in [4.69, 9.17) is 0 Å². The Kier molecular flexibility index (Phi) is 4.56. The first-order valence-electron chi connectivity index (χ1n) is 7.20.